The zero-order valence-electron chi connectivity index (χ0n) is 49.2. The third-order valence-electron chi connectivity index (χ3n) is 17.1. The predicted molar refractivity (Wildman–Crippen MR) is 346 cm³/mol. The first-order chi connectivity index (χ1) is 36.9. The van der Waals surface area contributed by atoms with Gasteiger partial charge in [0.2, 0.25) is 0 Å². The largest absolute Gasteiger partial charge is 0.417 e. The molecule has 0 spiro atoms. The van der Waals surface area contributed by atoms with Crippen molar-refractivity contribution in [3.8, 4) is 0 Å². The van der Waals surface area contributed by atoms with Crippen molar-refractivity contribution in [3.05, 3.63) is 133 Å². The molecule has 1 unspecified atom stereocenters. The molecule has 0 bridgehead atoms. The molecule has 1 nitrogen and oxygen atoms in total. The smallest absolute Gasteiger partial charge is 0.313 e. The molecule has 0 saturated carbocycles. The zero-order valence-corrected chi connectivity index (χ0v) is 54.0. The molecule has 0 N–H and O–H groups in total. The number of unbranched alkanes of at least 4 members (excludes halogenated alkanes) is 9. The first-order valence-electron chi connectivity index (χ1n) is 30.8. The van der Waals surface area contributed by atoms with Crippen LogP contribution in [-0.2, 0) is 6.18 Å². The van der Waals surface area contributed by atoms with Gasteiger partial charge in [0, 0.05) is 26.9 Å². The number of alkyl halides is 3. The summed E-state index contributed by atoms with van der Waals surface area (Å²) in [6, 6.07) is 58.2. The summed E-state index contributed by atoms with van der Waals surface area (Å²) >= 11 is 0. The van der Waals surface area contributed by atoms with Crippen LogP contribution in [0.5, 0.6) is 0 Å². The molecule has 0 radical (unpaired) electrons. The molecule has 0 saturated heterocycles. The number of para-hydroxylation sites is 1. The van der Waals surface area contributed by atoms with E-state index in [1.165, 1.54) is 192 Å². The molecule has 0 aliphatic heterocycles. The Kier molecular flexibility index (Phi) is 27.9. The van der Waals surface area contributed by atoms with E-state index in [9.17, 15) is 0 Å². The van der Waals surface area contributed by atoms with Crippen LogP contribution in [0.15, 0.2) is 127 Å². The molecule has 0 aromatic heterocycles. The Morgan fingerprint density at radius 2 is 0.592 bits per heavy atom. The molecule has 1 atom stereocenters. The highest BCUT2D eigenvalue weighted by molar-refractivity contribution is 7.90. The van der Waals surface area contributed by atoms with Crippen molar-refractivity contribution >= 4 is 82.8 Å². The van der Waals surface area contributed by atoms with Gasteiger partial charge in [-0.3, -0.25) is 0 Å². The third-order valence-corrected chi connectivity index (χ3v) is 39.0. The van der Waals surface area contributed by atoms with E-state index >= 15 is 13.2 Å². The Labute approximate surface area is 469 Å². The van der Waals surface area contributed by atoms with Crippen LogP contribution in [0.3, 0.4) is 0 Å². The fraction of sp³-hybridized carbons (Fsp3) is 0.552. The van der Waals surface area contributed by atoms with Gasteiger partial charge < -0.3 is 4.44 Å². The third kappa shape index (κ3) is 17.1. The monoisotopic (exact) mass is 1120 g/mol. The molecule has 5 aromatic rings. The highest BCUT2D eigenvalue weighted by Gasteiger charge is 2.42. The fourth-order valence-corrected chi connectivity index (χ4v) is 35.2. The van der Waals surface area contributed by atoms with Gasteiger partial charge in [-0.05, 0) is 18.2 Å². The Balaban J connectivity index is 1.89. The van der Waals surface area contributed by atoms with Crippen LogP contribution in [0.4, 0.5) is 18.9 Å². The second-order valence-electron chi connectivity index (χ2n) is 22.7. The van der Waals surface area contributed by atoms with Crippen LogP contribution in [0.1, 0.15) is 183 Å². The van der Waals surface area contributed by atoms with E-state index in [0.717, 1.165) is 11.0 Å². The van der Waals surface area contributed by atoms with Crippen LogP contribution in [0.2, 0.25) is 54.4 Å². The number of hydrogen-bond acceptors (Lipinski definition) is 1. The number of rotatable bonds is 37. The summed E-state index contributed by atoms with van der Waals surface area (Å²) in [4.78, 5) is 0. The minimum Gasteiger partial charge on any atom is -0.313 e. The van der Waals surface area contributed by atoms with E-state index in [1.54, 1.807) is 16.4 Å². The molecule has 0 aliphatic rings. The van der Waals surface area contributed by atoms with Crippen LogP contribution >= 0.6 is 16.1 Å². The predicted octanol–water partition coefficient (Wildman–Crippen LogP) is 19.8. The number of halogens is 3. The summed E-state index contributed by atoms with van der Waals surface area (Å²) in [5, 5.41) is 8.43. The van der Waals surface area contributed by atoms with Crippen molar-refractivity contribution in [2.45, 2.75) is 238 Å². The van der Waals surface area contributed by atoms with Crippen molar-refractivity contribution in [1.29, 1.82) is 0 Å². The highest BCUT2D eigenvalue weighted by atomic mass is 31.2. The average Bonchev–Trinajstić information content (AvgIpc) is 3.48. The standard InChI is InChI=1S/C67H102F3NP2Si3/c1-10-19-49-74(50-20-11-2,51-21-12-3)62-43-37-59(38-44-62)72(60-39-45-63(46-40-60)75(52-22-13-4,53-23-14-5)54-24-15-6)71(58-33-29-28-30-34-58)73(66-36-32-31-35-65(66)67(68,69)70)61-41-47-64(48-42-61)76(55-25-16-7,56-26-17-8)57-27-18-9/h28-48H,10-27,49-57H2,1-9H3. The summed E-state index contributed by atoms with van der Waals surface area (Å²) in [7, 11) is -8.78. The maximum Gasteiger partial charge on any atom is 0.417 e. The van der Waals surface area contributed by atoms with E-state index < -0.39 is 52.1 Å². The SMILES string of the molecule is CCCC[Si](CCCC)(CCCC)c1ccc(P(c2ccc([Si](CCCC)(CCCC)CCCC)cc2)N(c2ccccc2)P(c2ccc([Si](CCCC)(CCCC)CCCC)cc2)c2ccccc2C(F)(F)F)cc1. The fourth-order valence-electron chi connectivity index (χ4n) is 12.4. The average molecular weight is 1120 g/mol. The summed E-state index contributed by atoms with van der Waals surface area (Å²) in [6.07, 6.45) is 17.6. The van der Waals surface area contributed by atoms with Gasteiger partial charge in [0.1, 0.15) is 0 Å². The molecule has 5 rings (SSSR count). The Bertz CT molecular complexity index is 2200. The van der Waals surface area contributed by atoms with Crippen LogP contribution in [0, 0.1) is 0 Å². The van der Waals surface area contributed by atoms with E-state index in [1.807, 2.05) is 12.1 Å². The van der Waals surface area contributed by atoms with Gasteiger partial charge in [0.05, 0.1) is 45.9 Å². The lowest BCUT2D eigenvalue weighted by molar-refractivity contribution is -0.136. The number of anilines is 1. The summed E-state index contributed by atoms with van der Waals surface area (Å²) in [6.45, 7) is 21.0. The lowest BCUT2D eigenvalue weighted by Gasteiger charge is -2.42. The van der Waals surface area contributed by atoms with Gasteiger partial charge in [0.25, 0.3) is 0 Å². The highest BCUT2D eigenvalue weighted by Crippen LogP contribution is 2.58. The first-order valence-corrected chi connectivity index (χ1v) is 41.3. The minimum atomic E-state index is -4.53. The van der Waals surface area contributed by atoms with Gasteiger partial charge in [0.15, 0.2) is 0 Å². The summed E-state index contributed by atoms with van der Waals surface area (Å²) in [5.74, 6) is 0. The van der Waals surface area contributed by atoms with Gasteiger partial charge in [-0.1, -0.05) is 357 Å². The Morgan fingerprint density at radius 3 is 0.868 bits per heavy atom. The molecule has 76 heavy (non-hydrogen) atoms. The Morgan fingerprint density at radius 1 is 0.329 bits per heavy atom. The lowest BCUT2D eigenvalue weighted by atomic mass is 10.2. The van der Waals surface area contributed by atoms with Crippen LogP contribution < -0.4 is 41.2 Å². The van der Waals surface area contributed by atoms with Gasteiger partial charge in [-0.15, -0.1) is 0 Å². The van der Waals surface area contributed by atoms with E-state index in [-0.39, 0.29) is 0 Å². The molecule has 0 amide bonds. The number of nitrogens with zero attached hydrogens (tertiary/aromatic N) is 1. The second-order valence-corrected chi connectivity index (χ2v) is 41.0. The van der Waals surface area contributed by atoms with Crippen LogP contribution in [0.25, 0.3) is 0 Å². The first kappa shape index (κ1) is 64.0. The van der Waals surface area contributed by atoms with E-state index in [0.29, 0.717) is 5.30 Å². The second kappa shape index (κ2) is 33.1. The van der Waals surface area contributed by atoms with Crippen molar-refractivity contribution < 1.29 is 13.2 Å². The maximum absolute atomic E-state index is 15.9. The molecule has 418 valence electrons. The van der Waals surface area contributed by atoms with Crippen molar-refractivity contribution in [2.24, 2.45) is 0 Å². The maximum atomic E-state index is 15.9. The normalized spacial score (nSPS) is 12.9. The Hall–Kier alpha value is -2.80. The van der Waals surface area contributed by atoms with Crippen molar-refractivity contribution in [1.82, 2.24) is 0 Å². The molecule has 0 heterocycles. The molecule has 9 heteroatoms. The van der Waals surface area contributed by atoms with Crippen molar-refractivity contribution in [3.63, 3.8) is 0 Å². The van der Waals surface area contributed by atoms with E-state index in [4.69, 9.17) is 0 Å². The van der Waals surface area contributed by atoms with Crippen molar-refractivity contribution in [2.75, 3.05) is 4.44 Å². The molecule has 0 aliphatic carbocycles. The van der Waals surface area contributed by atoms with Gasteiger partial charge in [-0.25, -0.2) is 0 Å². The number of benzene rings is 5. The molecule has 0 fully saturated rings. The summed E-state index contributed by atoms with van der Waals surface area (Å²) in [5.41, 5.74) is 0.447. The zero-order chi connectivity index (χ0) is 54.9. The summed E-state index contributed by atoms with van der Waals surface area (Å²) < 4.78 is 50.1. The topological polar surface area (TPSA) is 3.24 Å². The van der Waals surface area contributed by atoms with Gasteiger partial charge in [-0.2, -0.15) is 13.2 Å². The lowest BCUT2D eigenvalue weighted by Crippen LogP contribution is -2.48. The minimum absolute atomic E-state index is 0.379. The van der Waals surface area contributed by atoms with Gasteiger partial charge >= 0.3 is 6.18 Å². The quantitative estimate of drug-likeness (QED) is 0.0283. The number of hydrogen-bond donors (Lipinski definition) is 0. The molecular weight excluding hydrogens is 1020 g/mol. The molecule has 5 aromatic carbocycles. The molecular formula is C67H102F3NP2Si3. The van der Waals surface area contributed by atoms with Crippen LogP contribution in [-0.4, -0.2) is 24.2 Å². The van der Waals surface area contributed by atoms with E-state index in [2.05, 4.69) is 170 Å².